The van der Waals surface area contributed by atoms with Crippen LogP contribution in [0.2, 0.25) is 0 Å². The Kier molecular flexibility index (Phi) is 3.42. The first kappa shape index (κ1) is 11.6. The predicted octanol–water partition coefficient (Wildman–Crippen LogP) is 1.30. The highest BCUT2D eigenvalue weighted by Gasteiger charge is 2.11. The monoisotopic (exact) mass is 232 g/mol. The van der Waals surface area contributed by atoms with E-state index < -0.39 is 7.12 Å². The number of benzene rings is 2. The van der Waals surface area contributed by atoms with Gasteiger partial charge in [0.2, 0.25) is 0 Å². The lowest BCUT2D eigenvalue weighted by molar-refractivity contribution is 0.425. The van der Waals surface area contributed by atoms with Gasteiger partial charge in [-0.15, -0.1) is 0 Å². The van der Waals surface area contributed by atoms with Gasteiger partial charge in [0.05, 0.1) is 0 Å². The Morgan fingerprint density at radius 2 is 1.59 bits per heavy atom. The van der Waals surface area contributed by atoms with Gasteiger partial charge < -0.3 is 14.8 Å². The Bertz CT molecular complexity index is 517. The highest BCUT2D eigenvalue weighted by atomic mass is 19.1. The molecule has 0 amide bonds. The van der Waals surface area contributed by atoms with Crippen molar-refractivity contribution in [3.05, 3.63) is 54.3 Å². The summed E-state index contributed by atoms with van der Waals surface area (Å²) in [5, 5.41) is 18.0. The van der Waals surface area contributed by atoms with Gasteiger partial charge in [0.15, 0.2) is 0 Å². The molecule has 0 bridgehead atoms. The molecule has 5 heteroatoms. The third kappa shape index (κ3) is 3.06. The molecule has 0 aliphatic heterocycles. The lowest BCUT2D eigenvalue weighted by atomic mass is 9.80. The van der Waals surface area contributed by atoms with Crippen molar-refractivity contribution in [2.24, 2.45) is 0 Å². The van der Waals surface area contributed by atoms with Crippen LogP contribution in [0.3, 0.4) is 0 Å². The van der Waals surface area contributed by atoms with Crippen molar-refractivity contribution in [2.75, 3.05) is 0 Å². The largest absolute Gasteiger partial charge is 0.488 e. The van der Waals surface area contributed by atoms with Crippen molar-refractivity contribution in [1.82, 2.24) is 0 Å². The van der Waals surface area contributed by atoms with Gasteiger partial charge in [-0.2, -0.15) is 0 Å². The molecule has 0 aliphatic rings. The third-order valence-corrected chi connectivity index (χ3v) is 2.19. The summed E-state index contributed by atoms with van der Waals surface area (Å²) in [5.41, 5.74) is 0.318. The normalized spacial score (nSPS) is 10.1. The number of hydrogen-bond donors (Lipinski definition) is 2. The number of halogens is 1. The number of hydrogen-bond acceptors (Lipinski definition) is 3. The van der Waals surface area contributed by atoms with E-state index in [1.165, 1.54) is 24.3 Å². The molecule has 0 heterocycles. The summed E-state index contributed by atoms with van der Waals surface area (Å²) < 4.78 is 18.3. The fraction of sp³-hybridized carbons (Fsp3) is 0. The Balaban J connectivity index is 2.21. The molecular formula is C12H10BFO3. The Hall–Kier alpha value is -1.85. The van der Waals surface area contributed by atoms with Crippen LogP contribution in [0, 0.1) is 5.82 Å². The van der Waals surface area contributed by atoms with Crippen LogP contribution >= 0.6 is 0 Å². The molecule has 2 rings (SSSR count). The van der Waals surface area contributed by atoms with Crippen LogP contribution in [0.15, 0.2) is 48.5 Å². The van der Waals surface area contributed by atoms with E-state index in [0.29, 0.717) is 17.0 Å². The molecule has 0 unspecified atom stereocenters. The van der Waals surface area contributed by atoms with E-state index >= 15 is 0 Å². The van der Waals surface area contributed by atoms with E-state index in [2.05, 4.69) is 0 Å². The maximum Gasteiger partial charge on any atom is 0.488 e. The van der Waals surface area contributed by atoms with Gasteiger partial charge in [-0.25, -0.2) is 4.39 Å². The minimum atomic E-state index is -1.55. The van der Waals surface area contributed by atoms with Crippen molar-refractivity contribution < 1.29 is 19.2 Å². The summed E-state index contributed by atoms with van der Waals surface area (Å²) in [6, 6.07) is 12.0. The van der Waals surface area contributed by atoms with E-state index in [-0.39, 0.29) is 5.82 Å². The van der Waals surface area contributed by atoms with Gasteiger partial charge in [-0.05, 0) is 29.7 Å². The lowest BCUT2D eigenvalue weighted by Crippen LogP contribution is -2.29. The lowest BCUT2D eigenvalue weighted by Gasteiger charge is -2.07. The zero-order valence-electron chi connectivity index (χ0n) is 8.88. The maximum absolute atomic E-state index is 12.9. The molecule has 17 heavy (non-hydrogen) atoms. The maximum atomic E-state index is 12.9. The van der Waals surface area contributed by atoms with Crippen LogP contribution in [-0.4, -0.2) is 17.2 Å². The molecule has 0 spiro atoms. The fourth-order valence-electron chi connectivity index (χ4n) is 1.41. The van der Waals surface area contributed by atoms with Crippen LogP contribution in [0.4, 0.5) is 4.39 Å². The quantitative estimate of drug-likeness (QED) is 0.784. The zero-order chi connectivity index (χ0) is 12.3. The van der Waals surface area contributed by atoms with Crippen LogP contribution in [0.5, 0.6) is 11.5 Å². The van der Waals surface area contributed by atoms with E-state index in [4.69, 9.17) is 14.8 Å². The molecule has 0 aliphatic carbocycles. The Morgan fingerprint density at radius 3 is 2.24 bits per heavy atom. The van der Waals surface area contributed by atoms with Crippen LogP contribution in [0.1, 0.15) is 0 Å². The van der Waals surface area contributed by atoms with E-state index in [1.807, 2.05) is 0 Å². The standard InChI is InChI=1S/C12H10BFO3/c14-10-4-2-6-12(8-10)17-11-5-1-3-9(7-11)13(15)16/h1-8,15-16H. The van der Waals surface area contributed by atoms with Crippen molar-refractivity contribution in [1.29, 1.82) is 0 Å². The molecule has 0 radical (unpaired) electrons. The molecule has 0 saturated heterocycles. The average molecular weight is 232 g/mol. The van der Waals surface area contributed by atoms with E-state index in [9.17, 15) is 4.39 Å². The van der Waals surface area contributed by atoms with Gasteiger partial charge in [0.25, 0.3) is 0 Å². The predicted molar refractivity (Wildman–Crippen MR) is 62.7 cm³/mol. The van der Waals surface area contributed by atoms with Crippen molar-refractivity contribution in [2.45, 2.75) is 0 Å². The van der Waals surface area contributed by atoms with E-state index in [1.54, 1.807) is 24.3 Å². The van der Waals surface area contributed by atoms with Crippen LogP contribution < -0.4 is 10.2 Å². The Labute approximate surface area is 98.2 Å². The topological polar surface area (TPSA) is 49.7 Å². The molecule has 3 nitrogen and oxygen atoms in total. The number of rotatable bonds is 3. The Morgan fingerprint density at radius 1 is 0.941 bits per heavy atom. The SMILES string of the molecule is OB(O)c1cccc(Oc2cccc(F)c2)c1. The smallest absolute Gasteiger partial charge is 0.457 e. The van der Waals surface area contributed by atoms with E-state index in [0.717, 1.165) is 0 Å². The first-order valence-corrected chi connectivity index (χ1v) is 5.05. The molecular weight excluding hydrogens is 222 g/mol. The summed E-state index contributed by atoms with van der Waals surface area (Å²) >= 11 is 0. The molecule has 0 saturated carbocycles. The van der Waals surface area contributed by atoms with Crippen LogP contribution in [-0.2, 0) is 0 Å². The second-order valence-corrected chi connectivity index (χ2v) is 3.51. The van der Waals surface area contributed by atoms with Gasteiger partial charge >= 0.3 is 7.12 Å². The molecule has 2 aromatic carbocycles. The third-order valence-electron chi connectivity index (χ3n) is 2.19. The van der Waals surface area contributed by atoms with Crippen LogP contribution in [0.25, 0.3) is 0 Å². The second kappa shape index (κ2) is 4.99. The minimum absolute atomic E-state index is 0.318. The van der Waals surface area contributed by atoms with Gasteiger partial charge in [0, 0.05) is 6.07 Å². The van der Waals surface area contributed by atoms with Gasteiger partial charge in [-0.3, -0.25) is 0 Å². The summed E-state index contributed by atoms with van der Waals surface area (Å²) in [7, 11) is -1.55. The number of ether oxygens (including phenoxy) is 1. The van der Waals surface area contributed by atoms with Gasteiger partial charge in [0.1, 0.15) is 17.3 Å². The minimum Gasteiger partial charge on any atom is -0.457 e. The molecule has 0 aromatic heterocycles. The van der Waals surface area contributed by atoms with Crippen molar-refractivity contribution >= 4 is 12.6 Å². The average Bonchev–Trinajstić information content (AvgIpc) is 2.29. The molecule has 86 valence electrons. The fourth-order valence-corrected chi connectivity index (χ4v) is 1.41. The second-order valence-electron chi connectivity index (χ2n) is 3.51. The molecule has 2 aromatic rings. The first-order chi connectivity index (χ1) is 8.15. The molecule has 0 fully saturated rings. The van der Waals surface area contributed by atoms with Crippen molar-refractivity contribution in [3.8, 4) is 11.5 Å². The van der Waals surface area contributed by atoms with Gasteiger partial charge in [-0.1, -0.05) is 18.2 Å². The summed E-state index contributed by atoms with van der Waals surface area (Å²) in [6.07, 6.45) is 0. The first-order valence-electron chi connectivity index (χ1n) is 5.05. The summed E-state index contributed by atoms with van der Waals surface area (Å²) in [5.74, 6) is 0.386. The molecule has 0 atom stereocenters. The zero-order valence-corrected chi connectivity index (χ0v) is 8.88. The molecule has 2 N–H and O–H groups in total. The highest BCUT2D eigenvalue weighted by molar-refractivity contribution is 6.58. The van der Waals surface area contributed by atoms with Crippen molar-refractivity contribution in [3.63, 3.8) is 0 Å². The highest BCUT2D eigenvalue weighted by Crippen LogP contribution is 2.20. The summed E-state index contributed by atoms with van der Waals surface area (Å²) in [6.45, 7) is 0. The summed E-state index contributed by atoms with van der Waals surface area (Å²) in [4.78, 5) is 0.